The second kappa shape index (κ2) is 5.31. The molecule has 1 heterocycles. The average Bonchev–Trinajstić information content (AvgIpc) is 2.60. The van der Waals surface area contributed by atoms with Crippen LogP contribution in [-0.4, -0.2) is 34.5 Å². The molecule has 2 N–H and O–H groups in total. The summed E-state index contributed by atoms with van der Waals surface area (Å²) < 4.78 is 5.23. The van der Waals surface area contributed by atoms with Gasteiger partial charge < -0.3 is 14.9 Å². The van der Waals surface area contributed by atoms with Gasteiger partial charge in [0.05, 0.1) is 18.1 Å². The van der Waals surface area contributed by atoms with Crippen LogP contribution in [0.3, 0.4) is 0 Å². The van der Waals surface area contributed by atoms with Crippen LogP contribution in [0.25, 0.3) is 0 Å². The Labute approximate surface area is 113 Å². The monoisotopic (exact) mass is 264 g/mol. The number of fused-ring (bicyclic) bond motifs is 1. The van der Waals surface area contributed by atoms with Crippen LogP contribution in [0.5, 0.6) is 0 Å². The molecular formula is C15H20O4. The van der Waals surface area contributed by atoms with Crippen LogP contribution >= 0.6 is 0 Å². The molecule has 104 valence electrons. The number of rotatable bonds is 0. The highest BCUT2D eigenvalue weighted by atomic mass is 16.6. The highest BCUT2D eigenvalue weighted by Gasteiger charge is 2.42. The number of allylic oxidation sites excluding steroid dienone is 1. The van der Waals surface area contributed by atoms with Crippen molar-refractivity contribution in [2.75, 3.05) is 0 Å². The topological polar surface area (TPSA) is 66.8 Å². The molecule has 2 aliphatic rings. The van der Waals surface area contributed by atoms with Crippen LogP contribution in [0.4, 0.5) is 0 Å². The van der Waals surface area contributed by atoms with Gasteiger partial charge in [0.15, 0.2) is 0 Å². The summed E-state index contributed by atoms with van der Waals surface area (Å²) in [6.45, 7) is 9.47. The van der Waals surface area contributed by atoms with Crippen molar-refractivity contribution in [3.8, 4) is 0 Å². The van der Waals surface area contributed by atoms with Gasteiger partial charge in [-0.1, -0.05) is 24.8 Å². The summed E-state index contributed by atoms with van der Waals surface area (Å²) in [6, 6.07) is 0. The van der Waals surface area contributed by atoms with Gasteiger partial charge in [0.1, 0.15) is 6.10 Å². The smallest absolute Gasteiger partial charge is 0.334 e. The third kappa shape index (κ3) is 2.80. The number of hydrogen-bond donors (Lipinski definition) is 2. The molecule has 0 spiro atoms. The Kier molecular flexibility index (Phi) is 3.92. The lowest BCUT2D eigenvalue weighted by molar-refractivity contribution is -0.139. The minimum absolute atomic E-state index is 0.296. The molecule has 1 saturated heterocycles. The van der Waals surface area contributed by atoms with Crippen molar-refractivity contribution in [2.24, 2.45) is 5.92 Å². The Morgan fingerprint density at radius 2 is 2.05 bits per heavy atom. The second-order valence-electron chi connectivity index (χ2n) is 5.42. The van der Waals surface area contributed by atoms with E-state index in [0.717, 1.165) is 5.57 Å². The number of ether oxygens (including phenoxy) is 1. The Bertz CT molecular complexity index is 449. The van der Waals surface area contributed by atoms with Crippen LogP contribution in [-0.2, 0) is 9.53 Å². The second-order valence-corrected chi connectivity index (χ2v) is 5.42. The summed E-state index contributed by atoms with van der Waals surface area (Å²) in [5, 5.41) is 20.2. The Morgan fingerprint density at radius 1 is 1.37 bits per heavy atom. The lowest BCUT2D eigenvalue weighted by Crippen LogP contribution is -2.30. The highest BCUT2D eigenvalue weighted by molar-refractivity contribution is 5.91. The number of hydrogen-bond acceptors (Lipinski definition) is 4. The average molecular weight is 264 g/mol. The maximum Gasteiger partial charge on any atom is 0.334 e. The first-order chi connectivity index (χ1) is 8.90. The van der Waals surface area contributed by atoms with E-state index in [-0.39, 0.29) is 0 Å². The van der Waals surface area contributed by atoms with Gasteiger partial charge in [-0.25, -0.2) is 4.79 Å². The molecule has 1 aliphatic carbocycles. The van der Waals surface area contributed by atoms with Crippen molar-refractivity contribution in [1.82, 2.24) is 0 Å². The lowest BCUT2D eigenvalue weighted by atomic mass is 9.84. The number of carbonyl (C=O) groups excluding carboxylic acids is 1. The predicted molar refractivity (Wildman–Crippen MR) is 71.3 cm³/mol. The molecule has 0 saturated carbocycles. The van der Waals surface area contributed by atoms with E-state index in [1.807, 2.05) is 6.92 Å². The normalized spacial score (nSPS) is 39.3. The Morgan fingerprint density at radius 3 is 2.74 bits per heavy atom. The fraction of sp³-hybridized carbons (Fsp3) is 0.533. The molecule has 0 unspecified atom stereocenters. The molecular weight excluding hydrogens is 244 g/mol. The number of aliphatic hydroxyl groups excluding tert-OH is 2. The maximum absolute atomic E-state index is 11.6. The van der Waals surface area contributed by atoms with E-state index in [4.69, 9.17) is 4.74 Å². The molecule has 4 heteroatoms. The van der Waals surface area contributed by atoms with Crippen LogP contribution < -0.4 is 0 Å². The molecule has 0 amide bonds. The molecule has 0 bridgehead atoms. The van der Waals surface area contributed by atoms with Crippen LogP contribution in [0.1, 0.15) is 26.2 Å². The molecule has 0 aromatic carbocycles. The first-order valence-corrected chi connectivity index (χ1v) is 6.51. The molecule has 4 atom stereocenters. The highest BCUT2D eigenvalue weighted by Crippen LogP contribution is 2.35. The van der Waals surface area contributed by atoms with Crippen molar-refractivity contribution in [1.29, 1.82) is 0 Å². The van der Waals surface area contributed by atoms with Gasteiger partial charge in [-0.2, -0.15) is 0 Å². The van der Waals surface area contributed by atoms with Crippen molar-refractivity contribution < 1.29 is 19.7 Å². The van der Waals surface area contributed by atoms with E-state index in [2.05, 4.69) is 13.2 Å². The fourth-order valence-electron chi connectivity index (χ4n) is 2.68. The zero-order valence-corrected chi connectivity index (χ0v) is 11.1. The molecule has 4 nitrogen and oxygen atoms in total. The van der Waals surface area contributed by atoms with Gasteiger partial charge in [-0.15, -0.1) is 0 Å². The van der Waals surface area contributed by atoms with E-state index >= 15 is 0 Å². The first kappa shape index (κ1) is 14.0. The molecule has 2 rings (SSSR count). The van der Waals surface area contributed by atoms with Gasteiger partial charge >= 0.3 is 5.97 Å². The third-order valence-corrected chi connectivity index (χ3v) is 3.89. The molecule has 0 aromatic heterocycles. The zero-order chi connectivity index (χ0) is 14.2. The van der Waals surface area contributed by atoms with E-state index in [1.54, 1.807) is 6.08 Å². The van der Waals surface area contributed by atoms with Crippen molar-refractivity contribution in [3.63, 3.8) is 0 Å². The zero-order valence-electron chi connectivity index (χ0n) is 11.1. The Hall–Kier alpha value is -1.39. The lowest BCUT2D eigenvalue weighted by Gasteiger charge is -2.25. The van der Waals surface area contributed by atoms with Crippen LogP contribution in [0.2, 0.25) is 0 Å². The largest absolute Gasteiger partial charge is 0.458 e. The van der Waals surface area contributed by atoms with Gasteiger partial charge in [-0.3, -0.25) is 0 Å². The minimum Gasteiger partial charge on any atom is -0.458 e. The first-order valence-electron chi connectivity index (χ1n) is 6.51. The number of carbonyl (C=O) groups is 1. The summed E-state index contributed by atoms with van der Waals surface area (Å²) in [5.74, 6) is -0.925. The van der Waals surface area contributed by atoms with Gasteiger partial charge in [-0.05, 0) is 25.3 Å². The van der Waals surface area contributed by atoms with E-state index in [1.165, 1.54) is 0 Å². The van der Waals surface area contributed by atoms with Crippen molar-refractivity contribution in [3.05, 3.63) is 36.0 Å². The van der Waals surface area contributed by atoms with Gasteiger partial charge in [0, 0.05) is 12.0 Å². The predicted octanol–water partition coefficient (Wildman–Crippen LogP) is 1.49. The number of esters is 1. The molecule has 0 radical (unpaired) electrons. The summed E-state index contributed by atoms with van der Waals surface area (Å²) in [5.41, 5.74) is 1.91. The molecule has 1 aliphatic heterocycles. The van der Waals surface area contributed by atoms with Crippen LogP contribution in [0, 0.1) is 5.92 Å². The summed E-state index contributed by atoms with van der Waals surface area (Å²) >= 11 is 0. The molecule has 1 fully saturated rings. The summed E-state index contributed by atoms with van der Waals surface area (Å²) in [7, 11) is 0. The maximum atomic E-state index is 11.6. The van der Waals surface area contributed by atoms with E-state index < -0.39 is 30.2 Å². The van der Waals surface area contributed by atoms with E-state index in [9.17, 15) is 15.0 Å². The third-order valence-electron chi connectivity index (χ3n) is 3.89. The van der Waals surface area contributed by atoms with Crippen molar-refractivity contribution in [2.45, 2.75) is 44.5 Å². The van der Waals surface area contributed by atoms with Crippen LogP contribution in [0.15, 0.2) is 36.0 Å². The van der Waals surface area contributed by atoms with Gasteiger partial charge in [0.2, 0.25) is 0 Å². The molecule has 0 aromatic rings. The summed E-state index contributed by atoms with van der Waals surface area (Å²) in [6.07, 6.45) is 1.47. The standard InChI is InChI=1S/C15H20O4/c1-8-4-5-11(16)9(2)7-13-14(12(17)6-8)10(3)15(18)19-13/h6,11-14,16-17H,2-5,7H2,1H3/b8-6-/t11-,12+,13-,14+/m0/s1. The fourth-order valence-corrected chi connectivity index (χ4v) is 2.68. The summed E-state index contributed by atoms with van der Waals surface area (Å²) in [4.78, 5) is 11.6. The van der Waals surface area contributed by atoms with Gasteiger partial charge in [0.25, 0.3) is 0 Å². The molecule has 19 heavy (non-hydrogen) atoms. The van der Waals surface area contributed by atoms with Crippen molar-refractivity contribution >= 4 is 5.97 Å². The van der Waals surface area contributed by atoms with E-state index in [0.29, 0.717) is 30.4 Å². The quantitative estimate of drug-likeness (QED) is 0.395. The number of aliphatic hydroxyl groups is 2. The Balaban J connectivity index is 2.33. The SMILES string of the molecule is C=C1C(=O)O[C@H]2CC(=C)[C@@H](O)CC/C(C)=C\[C@@H](O)[C@@H]12. The minimum atomic E-state index is -0.785.